The van der Waals surface area contributed by atoms with Gasteiger partial charge in [-0.25, -0.2) is 0 Å². The monoisotopic (exact) mass is 592 g/mol. The van der Waals surface area contributed by atoms with Crippen LogP contribution < -0.4 is 4.74 Å². The zero-order valence-electron chi connectivity index (χ0n) is 16.1. The average molecular weight is 593 g/mol. The van der Waals surface area contributed by atoms with Crippen molar-refractivity contribution in [3.8, 4) is 17.1 Å². The van der Waals surface area contributed by atoms with E-state index in [0.29, 0.717) is 12.4 Å². The Bertz CT molecular complexity index is 1140. The van der Waals surface area contributed by atoms with E-state index in [2.05, 4.69) is 90.3 Å². The summed E-state index contributed by atoms with van der Waals surface area (Å²) in [6, 6.07) is 22.4. The van der Waals surface area contributed by atoms with E-state index >= 15 is 0 Å². The van der Waals surface area contributed by atoms with Crippen molar-refractivity contribution in [1.29, 1.82) is 0 Å². The average Bonchev–Trinajstić information content (AvgIpc) is 3.23. The van der Waals surface area contributed by atoms with E-state index in [1.54, 1.807) is 23.7 Å². The van der Waals surface area contributed by atoms with Gasteiger partial charge < -0.3 is 4.74 Å². The fraction of sp³-hybridized carbons (Fsp3) is 0.136. The van der Waals surface area contributed by atoms with Crippen molar-refractivity contribution in [2.45, 2.75) is 17.2 Å². The molecule has 0 N–H and O–H groups in total. The summed E-state index contributed by atoms with van der Waals surface area (Å²) in [4.78, 5) is 2.74. The SMILES string of the molecule is COc1ccc(Cn2nnc(-c3c(I)ccc(Br)c3SCc3ccccc3)n2)cc1. The number of aromatic nitrogens is 4. The number of methoxy groups -OCH3 is 1. The van der Waals surface area contributed by atoms with E-state index in [1.807, 2.05) is 30.3 Å². The summed E-state index contributed by atoms with van der Waals surface area (Å²) in [6.45, 7) is 0.550. The van der Waals surface area contributed by atoms with Crippen molar-refractivity contribution in [2.24, 2.45) is 0 Å². The lowest BCUT2D eigenvalue weighted by Gasteiger charge is -2.11. The maximum absolute atomic E-state index is 5.22. The van der Waals surface area contributed by atoms with Crippen LogP contribution in [0.25, 0.3) is 11.4 Å². The second-order valence-electron chi connectivity index (χ2n) is 6.50. The summed E-state index contributed by atoms with van der Waals surface area (Å²) in [5.41, 5.74) is 3.37. The Hall–Kier alpha value is -1.91. The van der Waals surface area contributed by atoms with Gasteiger partial charge in [0.05, 0.1) is 19.2 Å². The Morgan fingerprint density at radius 1 is 1.00 bits per heavy atom. The molecular weight excluding hydrogens is 575 g/mol. The van der Waals surface area contributed by atoms with Crippen LogP contribution in [-0.4, -0.2) is 27.3 Å². The maximum Gasteiger partial charge on any atom is 0.207 e. The number of benzene rings is 3. The highest BCUT2D eigenvalue weighted by Crippen LogP contribution is 2.40. The highest BCUT2D eigenvalue weighted by molar-refractivity contribution is 14.1. The molecule has 8 heteroatoms. The zero-order chi connectivity index (χ0) is 20.9. The normalized spacial score (nSPS) is 10.9. The molecule has 0 unspecified atom stereocenters. The van der Waals surface area contributed by atoms with Crippen LogP contribution in [0, 0.1) is 3.57 Å². The van der Waals surface area contributed by atoms with Gasteiger partial charge in [-0.15, -0.1) is 22.0 Å². The van der Waals surface area contributed by atoms with Gasteiger partial charge in [0.25, 0.3) is 0 Å². The fourth-order valence-corrected chi connectivity index (χ4v) is 5.52. The molecule has 3 aromatic carbocycles. The molecule has 0 saturated carbocycles. The van der Waals surface area contributed by atoms with Crippen molar-refractivity contribution in [3.63, 3.8) is 0 Å². The van der Waals surface area contributed by atoms with Crippen molar-refractivity contribution < 1.29 is 4.74 Å². The van der Waals surface area contributed by atoms with Crippen LogP contribution in [0.2, 0.25) is 0 Å². The Labute approximate surface area is 201 Å². The molecule has 0 saturated heterocycles. The third-order valence-electron chi connectivity index (χ3n) is 4.44. The van der Waals surface area contributed by atoms with Crippen LogP contribution in [0.4, 0.5) is 0 Å². The lowest BCUT2D eigenvalue weighted by molar-refractivity contribution is 0.414. The summed E-state index contributed by atoms with van der Waals surface area (Å²) < 4.78 is 7.34. The molecule has 1 heterocycles. The molecule has 0 aliphatic carbocycles. The van der Waals surface area contributed by atoms with E-state index in [-0.39, 0.29) is 0 Å². The van der Waals surface area contributed by atoms with Crippen molar-refractivity contribution in [3.05, 3.63) is 85.9 Å². The highest BCUT2D eigenvalue weighted by Gasteiger charge is 2.18. The molecule has 4 rings (SSSR count). The van der Waals surface area contributed by atoms with Crippen LogP contribution in [-0.2, 0) is 12.3 Å². The first kappa shape index (κ1) is 21.3. The van der Waals surface area contributed by atoms with Gasteiger partial charge in [-0.2, -0.15) is 4.80 Å². The quantitative estimate of drug-likeness (QED) is 0.193. The molecule has 30 heavy (non-hydrogen) atoms. The maximum atomic E-state index is 5.22. The molecule has 0 radical (unpaired) electrons. The van der Waals surface area contributed by atoms with E-state index in [1.165, 1.54) is 5.56 Å². The summed E-state index contributed by atoms with van der Waals surface area (Å²) >= 11 is 7.81. The predicted molar refractivity (Wildman–Crippen MR) is 132 cm³/mol. The molecule has 0 bridgehead atoms. The number of nitrogens with zero attached hydrogens (tertiary/aromatic N) is 4. The number of rotatable bonds is 7. The van der Waals surface area contributed by atoms with Crippen molar-refractivity contribution in [1.82, 2.24) is 20.2 Å². The third kappa shape index (κ3) is 5.04. The third-order valence-corrected chi connectivity index (χ3v) is 7.46. The van der Waals surface area contributed by atoms with E-state index in [9.17, 15) is 0 Å². The van der Waals surface area contributed by atoms with Gasteiger partial charge in [-0.3, -0.25) is 0 Å². The number of halogens is 2. The van der Waals surface area contributed by atoms with Gasteiger partial charge in [-0.1, -0.05) is 42.5 Å². The van der Waals surface area contributed by atoms with Crippen LogP contribution in [0.15, 0.2) is 76.1 Å². The number of hydrogen-bond acceptors (Lipinski definition) is 5. The summed E-state index contributed by atoms with van der Waals surface area (Å²) in [5.74, 6) is 2.33. The lowest BCUT2D eigenvalue weighted by Crippen LogP contribution is -2.04. The van der Waals surface area contributed by atoms with Crippen LogP contribution in [0.1, 0.15) is 11.1 Å². The summed E-state index contributed by atoms with van der Waals surface area (Å²) in [5, 5.41) is 13.3. The number of thioether (sulfide) groups is 1. The standard InChI is InChI=1S/C22H18BrIN4OS/c1-29-17-9-7-15(8-10-17)13-28-26-22(25-27-28)20-19(24)12-11-18(23)21(20)30-14-16-5-3-2-4-6-16/h2-12H,13-14H2,1H3. The van der Waals surface area contributed by atoms with Crippen molar-refractivity contribution >= 4 is 50.3 Å². The van der Waals surface area contributed by atoms with Gasteiger partial charge in [0.1, 0.15) is 5.75 Å². The van der Waals surface area contributed by atoms with Gasteiger partial charge in [0, 0.05) is 18.7 Å². The minimum atomic E-state index is 0.550. The first-order valence-electron chi connectivity index (χ1n) is 9.20. The molecule has 0 amide bonds. The smallest absolute Gasteiger partial charge is 0.207 e. The van der Waals surface area contributed by atoms with Gasteiger partial charge in [0.2, 0.25) is 5.82 Å². The molecule has 0 spiro atoms. The second-order valence-corrected chi connectivity index (χ2v) is 9.50. The molecule has 0 aliphatic heterocycles. The Morgan fingerprint density at radius 2 is 1.77 bits per heavy atom. The topological polar surface area (TPSA) is 52.8 Å². The van der Waals surface area contributed by atoms with E-state index < -0.39 is 0 Å². The first-order chi connectivity index (χ1) is 14.6. The molecule has 152 valence electrons. The van der Waals surface area contributed by atoms with Crippen LogP contribution in [0.5, 0.6) is 5.75 Å². The van der Waals surface area contributed by atoms with Gasteiger partial charge in [0.15, 0.2) is 0 Å². The van der Waals surface area contributed by atoms with E-state index in [0.717, 1.165) is 35.6 Å². The fourth-order valence-electron chi connectivity index (χ4n) is 2.92. The molecule has 0 atom stereocenters. The molecular formula is C22H18BrIN4OS. The summed E-state index contributed by atoms with van der Waals surface area (Å²) in [7, 11) is 1.66. The Balaban J connectivity index is 1.59. The molecule has 4 aromatic rings. The summed E-state index contributed by atoms with van der Waals surface area (Å²) in [6.07, 6.45) is 0. The second kappa shape index (κ2) is 9.93. The molecule has 0 aliphatic rings. The Morgan fingerprint density at radius 3 is 2.50 bits per heavy atom. The number of tetrazole rings is 1. The van der Waals surface area contributed by atoms with Gasteiger partial charge >= 0.3 is 0 Å². The zero-order valence-corrected chi connectivity index (χ0v) is 20.7. The van der Waals surface area contributed by atoms with Crippen LogP contribution >= 0.6 is 50.3 Å². The minimum Gasteiger partial charge on any atom is -0.497 e. The lowest BCUT2D eigenvalue weighted by atomic mass is 10.2. The van der Waals surface area contributed by atoms with E-state index in [4.69, 9.17) is 4.74 Å². The largest absolute Gasteiger partial charge is 0.497 e. The predicted octanol–water partition coefficient (Wildman–Crippen LogP) is 6.06. The minimum absolute atomic E-state index is 0.550. The first-order valence-corrected chi connectivity index (χ1v) is 12.1. The van der Waals surface area contributed by atoms with Gasteiger partial charge in [-0.05, 0) is 79.1 Å². The number of ether oxygens (including phenoxy) is 1. The highest BCUT2D eigenvalue weighted by atomic mass is 127. The molecule has 5 nitrogen and oxygen atoms in total. The number of hydrogen-bond donors (Lipinski definition) is 0. The molecule has 1 aromatic heterocycles. The Kier molecular flexibility index (Phi) is 7.06. The van der Waals surface area contributed by atoms with Crippen molar-refractivity contribution in [2.75, 3.05) is 7.11 Å². The molecule has 0 fully saturated rings. The van der Waals surface area contributed by atoms with Crippen LogP contribution in [0.3, 0.4) is 0 Å².